The van der Waals surface area contributed by atoms with Gasteiger partial charge in [0.15, 0.2) is 0 Å². The first-order valence-electron chi connectivity index (χ1n) is 3.21. The molecule has 2 nitrogen and oxygen atoms in total. The minimum atomic E-state index is 0.880. The van der Waals surface area contributed by atoms with E-state index in [9.17, 15) is 0 Å². The highest BCUT2D eigenvalue weighted by Gasteiger charge is 2.08. The van der Waals surface area contributed by atoms with Gasteiger partial charge in [0, 0.05) is 18.2 Å². The molecule has 0 spiro atoms. The Bertz CT molecular complexity index is 230. The summed E-state index contributed by atoms with van der Waals surface area (Å²) in [5.41, 5.74) is 1.21. The summed E-state index contributed by atoms with van der Waals surface area (Å²) in [4.78, 5) is 3.97. The van der Waals surface area contributed by atoms with Crippen LogP contribution in [0.4, 0.5) is 0 Å². The Balaban J connectivity index is 2.38. The van der Waals surface area contributed by atoms with Crippen LogP contribution >= 0.6 is 0 Å². The molecule has 0 bridgehead atoms. The monoisotopic (exact) mass is 133 g/mol. The van der Waals surface area contributed by atoms with Gasteiger partial charge in [-0.3, -0.25) is 4.99 Å². The third-order valence-electron chi connectivity index (χ3n) is 1.50. The first kappa shape index (κ1) is 5.47. The van der Waals surface area contributed by atoms with E-state index in [1.54, 1.807) is 12.5 Å². The lowest BCUT2D eigenvalue weighted by atomic mass is 10.1. The molecule has 2 rings (SSSR count). The number of nitrogens with zero attached hydrogens (tertiary/aromatic N) is 1. The zero-order valence-electron chi connectivity index (χ0n) is 5.45. The molecule has 2 heteroatoms. The van der Waals surface area contributed by atoms with Gasteiger partial charge in [-0.25, -0.2) is 0 Å². The Morgan fingerprint density at radius 2 is 2.50 bits per heavy atom. The number of fused-ring (bicyclic) bond motifs is 1. The zero-order valence-corrected chi connectivity index (χ0v) is 5.45. The molecule has 10 heavy (non-hydrogen) atoms. The quantitative estimate of drug-likeness (QED) is 0.493. The summed E-state index contributed by atoms with van der Waals surface area (Å²) in [5, 5.41) is 0. The smallest absolute Gasteiger partial charge is 0.148 e. The van der Waals surface area contributed by atoms with Crippen molar-refractivity contribution in [2.75, 3.05) is 0 Å². The molecule has 0 aromatic carbocycles. The van der Waals surface area contributed by atoms with Gasteiger partial charge in [-0.05, 0) is 6.08 Å². The van der Waals surface area contributed by atoms with E-state index in [4.69, 9.17) is 4.74 Å². The van der Waals surface area contributed by atoms with Crippen LogP contribution in [0, 0.1) is 0 Å². The number of ether oxygens (including phenoxy) is 1. The lowest BCUT2D eigenvalue weighted by Crippen LogP contribution is -1.99. The summed E-state index contributed by atoms with van der Waals surface area (Å²) < 4.78 is 5.18. The van der Waals surface area contributed by atoms with E-state index in [2.05, 4.69) is 4.99 Å². The van der Waals surface area contributed by atoms with Gasteiger partial charge in [0.05, 0.1) is 12.5 Å². The fraction of sp³-hybridized carbons (Fsp3) is 0.125. The minimum absolute atomic E-state index is 0.880. The molecule has 0 unspecified atom stereocenters. The molecule has 50 valence electrons. The number of rotatable bonds is 0. The average molecular weight is 133 g/mol. The SMILES string of the molecule is C1=COC2=CN=CCC2=C1. The molecule has 0 aromatic rings. The van der Waals surface area contributed by atoms with Gasteiger partial charge in [0.25, 0.3) is 0 Å². The maximum atomic E-state index is 5.18. The van der Waals surface area contributed by atoms with Crippen molar-refractivity contribution in [1.29, 1.82) is 0 Å². The number of hydrogen-bond donors (Lipinski definition) is 0. The van der Waals surface area contributed by atoms with Crippen molar-refractivity contribution < 1.29 is 4.74 Å². The van der Waals surface area contributed by atoms with Crippen LogP contribution in [-0.4, -0.2) is 6.21 Å². The summed E-state index contributed by atoms with van der Waals surface area (Å²) in [6.07, 6.45) is 10.1. The van der Waals surface area contributed by atoms with E-state index in [1.165, 1.54) is 5.57 Å². The van der Waals surface area contributed by atoms with E-state index < -0.39 is 0 Å². The summed E-state index contributed by atoms with van der Waals surface area (Å²) >= 11 is 0. The maximum Gasteiger partial charge on any atom is 0.148 e. The molecule has 2 heterocycles. The van der Waals surface area contributed by atoms with Gasteiger partial charge < -0.3 is 4.74 Å². The van der Waals surface area contributed by atoms with Crippen molar-refractivity contribution in [1.82, 2.24) is 0 Å². The van der Waals surface area contributed by atoms with E-state index >= 15 is 0 Å². The fourth-order valence-electron chi connectivity index (χ4n) is 0.979. The van der Waals surface area contributed by atoms with Crippen molar-refractivity contribution in [2.45, 2.75) is 6.42 Å². The second-order valence-corrected chi connectivity index (χ2v) is 2.17. The second-order valence-electron chi connectivity index (χ2n) is 2.17. The van der Waals surface area contributed by atoms with Crippen molar-refractivity contribution in [3.8, 4) is 0 Å². The van der Waals surface area contributed by atoms with Crippen LogP contribution in [0.25, 0.3) is 0 Å². The first-order chi connectivity index (χ1) is 4.97. The summed E-state index contributed by atoms with van der Waals surface area (Å²) in [6.45, 7) is 0. The van der Waals surface area contributed by atoms with Crippen LogP contribution in [0.1, 0.15) is 6.42 Å². The van der Waals surface area contributed by atoms with Crippen LogP contribution in [0.15, 0.2) is 40.9 Å². The lowest BCUT2D eigenvalue weighted by molar-refractivity contribution is 0.353. The van der Waals surface area contributed by atoms with Gasteiger partial charge in [0.1, 0.15) is 5.76 Å². The Kier molecular flexibility index (Phi) is 1.17. The van der Waals surface area contributed by atoms with Gasteiger partial charge in [-0.1, -0.05) is 6.08 Å². The topological polar surface area (TPSA) is 21.6 Å². The van der Waals surface area contributed by atoms with E-state index in [1.807, 2.05) is 18.4 Å². The molecular weight excluding hydrogens is 126 g/mol. The molecule has 0 N–H and O–H groups in total. The molecule has 0 atom stereocenters. The standard InChI is InChI=1S/C8H7NO/c1-2-7-3-4-9-6-8(7)10-5-1/h1-2,4-6H,3H2. The van der Waals surface area contributed by atoms with E-state index in [-0.39, 0.29) is 0 Å². The predicted octanol–water partition coefficient (Wildman–Crippen LogP) is 1.77. The normalized spacial score (nSPS) is 20.8. The summed E-state index contributed by atoms with van der Waals surface area (Å²) in [6, 6.07) is 0. The highest BCUT2D eigenvalue weighted by atomic mass is 16.5. The molecule has 2 aliphatic rings. The van der Waals surface area contributed by atoms with Crippen LogP contribution in [0.3, 0.4) is 0 Å². The Morgan fingerprint density at radius 1 is 1.50 bits per heavy atom. The third-order valence-corrected chi connectivity index (χ3v) is 1.50. The Morgan fingerprint density at radius 3 is 3.40 bits per heavy atom. The molecular formula is C8H7NO. The summed E-state index contributed by atoms with van der Waals surface area (Å²) in [7, 11) is 0. The molecule has 0 fully saturated rings. The number of hydrogen-bond acceptors (Lipinski definition) is 2. The highest BCUT2D eigenvalue weighted by molar-refractivity contribution is 5.67. The van der Waals surface area contributed by atoms with Crippen LogP contribution < -0.4 is 0 Å². The Labute approximate surface area is 59.2 Å². The van der Waals surface area contributed by atoms with Crippen molar-refractivity contribution in [3.63, 3.8) is 0 Å². The predicted molar refractivity (Wildman–Crippen MR) is 39.5 cm³/mol. The third kappa shape index (κ3) is 0.778. The van der Waals surface area contributed by atoms with Gasteiger partial charge >= 0.3 is 0 Å². The molecule has 0 saturated carbocycles. The van der Waals surface area contributed by atoms with Crippen LogP contribution in [0.2, 0.25) is 0 Å². The van der Waals surface area contributed by atoms with Crippen molar-refractivity contribution in [2.24, 2.45) is 4.99 Å². The fourth-order valence-corrected chi connectivity index (χ4v) is 0.979. The van der Waals surface area contributed by atoms with Crippen molar-refractivity contribution in [3.05, 3.63) is 35.9 Å². The Hall–Kier alpha value is -1.31. The van der Waals surface area contributed by atoms with Gasteiger partial charge in [-0.2, -0.15) is 0 Å². The highest BCUT2D eigenvalue weighted by Crippen LogP contribution is 2.21. The van der Waals surface area contributed by atoms with Gasteiger partial charge in [-0.15, -0.1) is 0 Å². The second kappa shape index (κ2) is 2.14. The van der Waals surface area contributed by atoms with Crippen LogP contribution in [-0.2, 0) is 4.74 Å². The molecule has 0 amide bonds. The largest absolute Gasteiger partial charge is 0.463 e. The molecule has 0 aromatic heterocycles. The number of allylic oxidation sites excluding steroid dienone is 3. The van der Waals surface area contributed by atoms with Crippen molar-refractivity contribution >= 4 is 6.21 Å². The first-order valence-corrected chi connectivity index (χ1v) is 3.21. The average Bonchev–Trinajstić information content (AvgIpc) is 2.05. The molecule has 0 aliphatic carbocycles. The van der Waals surface area contributed by atoms with E-state index in [0.717, 1.165) is 12.2 Å². The maximum absolute atomic E-state index is 5.18. The molecule has 2 aliphatic heterocycles. The lowest BCUT2D eigenvalue weighted by Gasteiger charge is -2.13. The van der Waals surface area contributed by atoms with E-state index in [0.29, 0.717) is 0 Å². The molecule has 0 radical (unpaired) electrons. The molecule has 0 saturated heterocycles. The zero-order chi connectivity index (χ0) is 6.81. The van der Waals surface area contributed by atoms with Crippen LogP contribution in [0.5, 0.6) is 0 Å². The minimum Gasteiger partial charge on any atom is -0.463 e. The van der Waals surface area contributed by atoms with Gasteiger partial charge in [0.2, 0.25) is 0 Å². The summed E-state index contributed by atoms with van der Waals surface area (Å²) in [5.74, 6) is 0.880. The number of aliphatic imine (C=N–C) groups is 1.